The second-order valence-electron chi connectivity index (χ2n) is 8.92. The summed E-state index contributed by atoms with van der Waals surface area (Å²) in [7, 11) is 0. The molecule has 0 aliphatic carbocycles. The SMILES string of the molecule is CC(C)(C)OC(=O)N1CCCC2(CC1)CN(c1ccc(N)nc1)C(=O)O2.Clc1ncccn1. The number of halogens is 1. The van der Waals surface area contributed by atoms with Crippen LogP contribution in [-0.2, 0) is 9.47 Å². The van der Waals surface area contributed by atoms with Crippen molar-refractivity contribution in [3.05, 3.63) is 42.1 Å². The van der Waals surface area contributed by atoms with Gasteiger partial charge in [-0.1, -0.05) is 0 Å². The van der Waals surface area contributed by atoms with Gasteiger partial charge in [-0.15, -0.1) is 0 Å². The number of likely N-dealkylation sites (tertiary alicyclic amines) is 1. The molecule has 2 fully saturated rings. The van der Waals surface area contributed by atoms with Gasteiger partial charge in [-0.25, -0.2) is 24.5 Å². The lowest BCUT2D eigenvalue weighted by molar-refractivity contribution is 0.0217. The molecule has 1 spiro atoms. The fourth-order valence-electron chi connectivity index (χ4n) is 3.60. The Morgan fingerprint density at radius 3 is 2.48 bits per heavy atom. The van der Waals surface area contributed by atoms with Crippen molar-refractivity contribution < 1.29 is 19.1 Å². The van der Waals surface area contributed by atoms with E-state index in [0.717, 1.165) is 6.42 Å². The molecule has 2 aliphatic rings. The van der Waals surface area contributed by atoms with Crippen LogP contribution in [0.2, 0.25) is 5.28 Å². The number of nitrogen functional groups attached to an aromatic ring is 1. The first kappa shape index (κ1) is 24.5. The van der Waals surface area contributed by atoms with Gasteiger partial charge in [0.15, 0.2) is 0 Å². The van der Waals surface area contributed by atoms with Crippen molar-refractivity contribution in [3.63, 3.8) is 0 Å². The van der Waals surface area contributed by atoms with Gasteiger partial charge in [0.05, 0.1) is 18.4 Å². The zero-order valence-corrected chi connectivity index (χ0v) is 19.8. The summed E-state index contributed by atoms with van der Waals surface area (Å²) in [6, 6.07) is 5.13. The maximum atomic E-state index is 12.4. The van der Waals surface area contributed by atoms with E-state index in [1.807, 2.05) is 20.8 Å². The number of aromatic nitrogens is 3. The lowest BCUT2D eigenvalue weighted by atomic mass is 9.95. The van der Waals surface area contributed by atoms with Gasteiger partial charge in [0.1, 0.15) is 17.0 Å². The Morgan fingerprint density at radius 2 is 1.91 bits per heavy atom. The summed E-state index contributed by atoms with van der Waals surface area (Å²) in [6.07, 6.45) is 6.08. The standard InChI is InChI=1S/C18H26N4O4.C4H3ClN2/c1-17(2,3)25-15(23)21-9-4-7-18(8-10-21)12-22(16(24)26-18)13-5-6-14(19)20-11-13;5-4-6-2-1-3-7-4/h5-6,11H,4,7-10,12H2,1-3H3,(H2,19,20);1-3H. The maximum absolute atomic E-state index is 12.4. The molecule has 10 nitrogen and oxygen atoms in total. The number of pyridine rings is 1. The topological polar surface area (TPSA) is 124 Å². The van der Waals surface area contributed by atoms with Gasteiger partial charge in [0.2, 0.25) is 5.28 Å². The van der Waals surface area contributed by atoms with Crippen LogP contribution in [0.5, 0.6) is 0 Å². The van der Waals surface area contributed by atoms with Crippen molar-refractivity contribution in [1.82, 2.24) is 19.9 Å². The van der Waals surface area contributed by atoms with Crippen molar-refractivity contribution in [2.45, 2.75) is 51.2 Å². The minimum Gasteiger partial charge on any atom is -0.444 e. The Kier molecular flexibility index (Phi) is 7.57. The maximum Gasteiger partial charge on any atom is 0.415 e. The third kappa shape index (κ3) is 6.92. The number of nitrogens with zero attached hydrogens (tertiary/aromatic N) is 5. The number of anilines is 2. The van der Waals surface area contributed by atoms with Gasteiger partial charge < -0.3 is 20.1 Å². The van der Waals surface area contributed by atoms with Crippen molar-refractivity contribution in [2.75, 3.05) is 30.3 Å². The zero-order chi connectivity index (χ0) is 24.1. The molecule has 4 rings (SSSR count). The Balaban J connectivity index is 0.000000374. The molecule has 11 heteroatoms. The molecule has 2 aliphatic heterocycles. The Bertz CT molecular complexity index is 954. The summed E-state index contributed by atoms with van der Waals surface area (Å²) < 4.78 is 11.2. The van der Waals surface area contributed by atoms with Gasteiger partial charge in [0, 0.05) is 31.9 Å². The molecular weight excluding hydrogens is 448 g/mol. The van der Waals surface area contributed by atoms with Crippen LogP contribution in [-0.4, -0.2) is 62.9 Å². The average molecular weight is 477 g/mol. The van der Waals surface area contributed by atoms with Crippen molar-refractivity contribution in [3.8, 4) is 0 Å². The van der Waals surface area contributed by atoms with E-state index in [2.05, 4.69) is 15.0 Å². The van der Waals surface area contributed by atoms with Gasteiger partial charge in [0.25, 0.3) is 0 Å². The van der Waals surface area contributed by atoms with Gasteiger partial charge >= 0.3 is 12.2 Å². The van der Waals surface area contributed by atoms with Crippen LogP contribution in [0.4, 0.5) is 21.1 Å². The molecule has 0 radical (unpaired) electrons. The number of nitrogens with two attached hydrogens (primary N) is 1. The van der Waals surface area contributed by atoms with E-state index in [0.29, 0.717) is 49.3 Å². The molecule has 2 saturated heterocycles. The number of hydrogen-bond donors (Lipinski definition) is 1. The number of hydrogen-bond acceptors (Lipinski definition) is 8. The summed E-state index contributed by atoms with van der Waals surface area (Å²) >= 11 is 5.32. The second-order valence-corrected chi connectivity index (χ2v) is 9.26. The van der Waals surface area contributed by atoms with E-state index in [9.17, 15) is 9.59 Å². The fraction of sp³-hybridized carbons (Fsp3) is 0.500. The molecule has 0 bridgehead atoms. The highest BCUT2D eigenvalue weighted by Crippen LogP contribution is 2.35. The van der Waals surface area contributed by atoms with Crippen molar-refractivity contribution in [1.29, 1.82) is 0 Å². The molecule has 1 atom stereocenters. The first-order valence-electron chi connectivity index (χ1n) is 10.7. The minimum absolute atomic E-state index is 0.294. The van der Waals surface area contributed by atoms with Crippen molar-refractivity contribution >= 4 is 35.3 Å². The molecule has 178 valence electrons. The third-order valence-corrected chi connectivity index (χ3v) is 5.33. The van der Waals surface area contributed by atoms with E-state index >= 15 is 0 Å². The third-order valence-electron chi connectivity index (χ3n) is 5.14. The molecule has 0 saturated carbocycles. The van der Waals surface area contributed by atoms with Crippen LogP contribution in [0.1, 0.15) is 40.0 Å². The number of ether oxygens (including phenoxy) is 2. The van der Waals surface area contributed by atoms with Gasteiger partial charge in [-0.3, -0.25) is 4.90 Å². The highest BCUT2D eigenvalue weighted by Gasteiger charge is 2.47. The Morgan fingerprint density at radius 1 is 1.18 bits per heavy atom. The van der Waals surface area contributed by atoms with Crippen LogP contribution in [0.25, 0.3) is 0 Å². The molecule has 2 amide bonds. The lowest BCUT2D eigenvalue weighted by Crippen LogP contribution is -2.39. The van der Waals surface area contributed by atoms with Gasteiger partial charge in [-0.05, 0) is 63.4 Å². The summed E-state index contributed by atoms with van der Waals surface area (Å²) in [4.78, 5) is 39.3. The van der Waals surface area contributed by atoms with E-state index < -0.39 is 11.2 Å². The first-order valence-corrected chi connectivity index (χ1v) is 11.1. The Labute approximate surface area is 198 Å². The second kappa shape index (κ2) is 10.2. The van der Waals surface area contributed by atoms with Crippen molar-refractivity contribution in [2.24, 2.45) is 0 Å². The zero-order valence-electron chi connectivity index (χ0n) is 19.0. The van der Waals surface area contributed by atoms with Gasteiger partial charge in [-0.2, -0.15) is 0 Å². The average Bonchev–Trinajstić information content (AvgIpc) is 2.93. The normalized spacial score (nSPS) is 20.5. The molecule has 2 aromatic rings. The predicted molar refractivity (Wildman–Crippen MR) is 124 cm³/mol. The van der Waals surface area contributed by atoms with Crippen LogP contribution in [0, 0.1) is 0 Å². The number of carbonyl (C=O) groups is 2. The molecule has 2 N–H and O–H groups in total. The summed E-state index contributed by atoms with van der Waals surface area (Å²) in [5, 5.41) is 0.294. The molecule has 2 aromatic heterocycles. The van der Waals surface area contributed by atoms with E-state index in [-0.39, 0.29) is 12.2 Å². The predicted octanol–water partition coefficient (Wildman–Crippen LogP) is 3.91. The molecule has 4 heterocycles. The monoisotopic (exact) mass is 476 g/mol. The largest absolute Gasteiger partial charge is 0.444 e. The molecule has 0 aromatic carbocycles. The first-order chi connectivity index (χ1) is 15.6. The highest BCUT2D eigenvalue weighted by molar-refractivity contribution is 6.28. The molecular formula is C22H29ClN6O4. The van der Waals surface area contributed by atoms with E-state index in [1.54, 1.807) is 46.6 Å². The Hall–Kier alpha value is -3.14. The summed E-state index contributed by atoms with van der Waals surface area (Å²) in [6.45, 7) is 7.08. The molecule has 33 heavy (non-hydrogen) atoms. The minimum atomic E-state index is -0.588. The highest BCUT2D eigenvalue weighted by atomic mass is 35.5. The lowest BCUT2D eigenvalue weighted by Gasteiger charge is -2.27. The smallest absolute Gasteiger partial charge is 0.415 e. The van der Waals surface area contributed by atoms with E-state index in [1.165, 1.54) is 0 Å². The van der Waals surface area contributed by atoms with Crippen LogP contribution in [0.3, 0.4) is 0 Å². The van der Waals surface area contributed by atoms with Crippen LogP contribution < -0.4 is 10.6 Å². The number of carbonyl (C=O) groups excluding carboxylic acids is 2. The number of rotatable bonds is 1. The summed E-state index contributed by atoms with van der Waals surface area (Å²) in [5.74, 6) is 0.401. The fourth-order valence-corrected chi connectivity index (χ4v) is 3.71. The summed E-state index contributed by atoms with van der Waals surface area (Å²) in [5.41, 5.74) is 5.15. The van der Waals surface area contributed by atoms with Crippen LogP contribution in [0.15, 0.2) is 36.8 Å². The van der Waals surface area contributed by atoms with E-state index in [4.69, 9.17) is 26.8 Å². The quantitative estimate of drug-likeness (QED) is 0.614. The van der Waals surface area contributed by atoms with Crippen LogP contribution >= 0.6 is 11.6 Å². The molecule has 1 unspecified atom stereocenters. The number of amides is 2.